The number of amides is 1. The molecule has 0 aliphatic rings. The Morgan fingerprint density at radius 3 is 3.06 bits per heavy atom. The average molecular weight is 246 g/mol. The van der Waals surface area contributed by atoms with E-state index in [9.17, 15) is 4.79 Å². The van der Waals surface area contributed by atoms with Crippen LogP contribution in [0.2, 0.25) is 0 Å². The number of pyridine rings is 1. The molecule has 0 aliphatic carbocycles. The van der Waals surface area contributed by atoms with Crippen molar-refractivity contribution in [3.8, 4) is 11.5 Å². The van der Waals surface area contributed by atoms with Gasteiger partial charge in [-0.1, -0.05) is 6.92 Å². The molecule has 1 amide bonds. The van der Waals surface area contributed by atoms with E-state index in [1.54, 1.807) is 18.5 Å². The van der Waals surface area contributed by atoms with E-state index in [1.807, 2.05) is 13.0 Å². The van der Waals surface area contributed by atoms with Crippen molar-refractivity contribution in [1.82, 2.24) is 20.5 Å². The van der Waals surface area contributed by atoms with Gasteiger partial charge in [0.25, 0.3) is 0 Å². The van der Waals surface area contributed by atoms with Crippen LogP contribution in [0, 0.1) is 0 Å². The number of carbonyl (C=O) groups is 1. The summed E-state index contributed by atoms with van der Waals surface area (Å²) in [5, 5.41) is 10.6. The molecule has 1 N–H and O–H groups in total. The topological polar surface area (TPSA) is 80.9 Å². The Kier molecular flexibility index (Phi) is 4.01. The zero-order chi connectivity index (χ0) is 12.8. The molecule has 0 unspecified atom stereocenters. The summed E-state index contributed by atoms with van der Waals surface area (Å²) in [6.45, 7) is 2.31. The van der Waals surface area contributed by atoms with Gasteiger partial charge in [-0.05, 0) is 12.1 Å². The van der Waals surface area contributed by atoms with Gasteiger partial charge in [-0.2, -0.15) is 0 Å². The third-order valence-electron chi connectivity index (χ3n) is 2.36. The number of hydrogen-bond acceptors (Lipinski definition) is 5. The molecule has 2 aromatic heterocycles. The number of rotatable bonds is 5. The van der Waals surface area contributed by atoms with Gasteiger partial charge < -0.3 is 9.73 Å². The Hall–Kier alpha value is -2.24. The fraction of sp³-hybridized carbons (Fsp3) is 0.333. The highest BCUT2D eigenvalue weighted by atomic mass is 16.4. The molecule has 0 fully saturated rings. The molecule has 0 radical (unpaired) electrons. The molecule has 6 nitrogen and oxygen atoms in total. The first kappa shape index (κ1) is 12.2. The second-order valence-electron chi connectivity index (χ2n) is 3.70. The molecule has 0 saturated heterocycles. The van der Waals surface area contributed by atoms with Gasteiger partial charge in [0.15, 0.2) is 0 Å². The molecule has 0 atom stereocenters. The normalized spacial score (nSPS) is 10.3. The number of carbonyl (C=O) groups excluding carboxylic acids is 1. The predicted molar refractivity (Wildman–Crippen MR) is 64.5 cm³/mol. The van der Waals surface area contributed by atoms with Crippen LogP contribution >= 0.6 is 0 Å². The highest BCUT2D eigenvalue weighted by Crippen LogP contribution is 2.15. The Morgan fingerprint density at radius 2 is 2.33 bits per heavy atom. The molecular formula is C12H14N4O2. The van der Waals surface area contributed by atoms with E-state index < -0.39 is 0 Å². The van der Waals surface area contributed by atoms with Crippen molar-refractivity contribution in [3.05, 3.63) is 30.4 Å². The van der Waals surface area contributed by atoms with Gasteiger partial charge in [-0.3, -0.25) is 9.78 Å². The Balaban J connectivity index is 1.93. The molecule has 94 valence electrons. The monoisotopic (exact) mass is 246 g/mol. The minimum absolute atomic E-state index is 0.0157. The van der Waals surface area contributed by atoms with Gasteiger partial charge in [-0.15, -0.1) is 10.2 Å². The predicted octanol–water partition coefficient (Wildman–Crippen LogP) is 1.20. The zero-order valence-electron chi connectivity index (χ0n) is 10.1. The highest BCUT2D eigenvalue weighted by Gasteiger charge is 2.08. The maximum absolute atomic E-state index is 11.0. The molecule has 2 rings (SSSR count). The SMILES string of the molecule is CCC(=O)NCCc1nnc(-c2cccnc2)o1. The van der Waals surface area contributed by atoms with Crippen LogP contribution in [-0.4, -0.2) is 27.6 Å². The van der Waals surface area contributed by atoms with Crippen molar-refractivity contribution in [2.75, 3.05) is 6.54 Å². The minimum Gasteiger partial charge on any atom is -0.421 e. The third kappa shape index (κ3) is 3.13. The first-order valence-corrected chi connectivity index (χ1v) is 5.79. The van der Waals surface area contributed by atoms with Gasteiger partial charge in [-0.25, -0.2) is 0 Å². The fourth-order valence-electron chi connectivity index (χ4n) is 1.39. The average Bonchev–Trinajstić information content (AvgIpc) is 2.88. The van der Waals surface area contributed by atoms with Crippen LogP contribution in [-0.2, 0) is 11.2 Å². The molecule has 0 aromatic carbocycles. The van der Waals surface area contributed by atoms with Crippen molar-refractivity contribution >= 4 is 5.91 Å². The van der Waals surface area contributed by atoms with Gasteiger partial charge in [0.05, 0.1) is 5.56 Å². The zero-order valence-corrected chi connectivity index (χ0v) is 10.1. The minimum atomic E-state index is 0.0157. The molecule has 0 bridgehead atoms. The molecule has 0 spiro atoms. The van der Waals surface area contributed by atoms with Crippen molar-refractivity contribution in [3.63, 3.8) is 0 Å². The van der Waals surface area contributed by atoms with E-state index in [1.165, 1.54) is 0 Å². The van der Waals surface area contributed by atoms with E-state index in [2.05, 4.69) is 20.5 Å². The lowest BCUT2D eigenvalue weighted by atomic mass is 10.3. The highest BCUT2D eigenvalue weighted by molar-refractivity contribution is 5.75. The van der Waals surface area contributed by atoms with E-state index in [4.69, 9.17) is 4.42 Å². The standard InChI is InChI=1S/C12H14N4O2/c1-2-10(17)14-7-5-11-15-16-12(18-11)9-4-3-6-13-8-9/h3-4,6,8H,2,5,7H2,1H3,(H,14,17). The summed E-state index contributed by atoms with van der Waals surface area (Å²) in [4.78, 5) is 15.0. The van der Waals surface area contributed by atoms with E-state index >= 15 is 0 Å². The number of nitrogens with one attached hydrogen (secondary N) is 1. The smallest absolute Gasteiger partial charge is 0.249 e. The lowest BCUT2D eigenvalue weighted by Gasteiger charge is -1.99. The van der Waals surface area contributed by atoms with Crippen LogP contribution < -0.4 is 5.32 Å². The maximum atomic E-state index is 11.0. The van der Waals surface area contributed by atoms with Crippen molar-refractivity contribution in [2.45, 2.75) is 19.8 Å². The Morgan fingerprint density at radius 1 is 1.44 bits per heavy atom. The summed E-state index contributed by atoms with van der Waals surface area (Å²) in [7, 11) is 0. The second-order valence-corrected chi connectivity index (χ2v) is 3.70. The largest absolute Gasteiger partial charge is 0.421 e. The molecule has 2 aromatic rings. The van der Waals surface area contributed by atoms with Crippen LogP contribution in [0.5, 0.6) is 0 Å². The Bertz CT molecular complexity index is 510. The molecule has 0 saturated carbocycles. The van der Waals surface area contributed by atoms with E-state index in [0.717, 1.165) is 5.56 Å². The van der Waals surface area contributed by atoms with Crippen LogP contribution in [0.1, 0.15) is 19.2 Å². The quantitative estimate of drug-likeness (QED) is 0.857. The van der Waals surface area contributed by atoms with Gasteiger partial charge in [0.1, 0.15) is 0 Å². The van der Waals surface area contributed by atoms with Gasteiger partial charge in [0, 0.05) is 31.8 Å². The van der Waals surface area contributed by atoms with Gasteiger partial charge >= 0.3 is 0 Å². The second kappa shape index (κ2) is 5.90. The van der Waals surface area contributed by atoms with E-state index in [-0.39, 0.29) is 5.91 Å². The molecule has 2 heterocycles. The Labute approximate surface area is 104 Å². The van der Waals surface area contributed by atoms with Crippen molar-refractivity contribution in [2.24, 2.45) is 0 Å². The third-order valence-corrected chi connectivity index (χ3v) is 2.36. The summed E-state index contributed by atoms with van der Waals surface area (Å²) in [6.07, 6.45) is 4.35. The number of nitrogens with zero attached hydrogens (tertiary/aromatic N) is 3. The van der Waals surface area contributed by atoms with Crippen molar-refractivity contribution in [1.29, 1.82) is 0 Å². The summed E-state index contributed by atoms with van der Waals surface area (Å²) >= 11 is 0. The van der Waals surface area contributed by atoms with Crippen molar-refractivity contribution < 1.29 is 9.21 Å². The van der Waals surface area contributed by atoms with Crippen LogP contribution in [0.4, 0.5) is 0 Å². The maximum Gasteiger partial charge on any atom is 0.249 e. The van der Waals surface area contributed by atoms with Crippen LogP contribution in [0.25, 0.3) is 11.5 Å². The van der Waals surface area contributed by atoms with Gasteiger partial charge in [0.2, 0.25) is 17.7 Å². The fourth-order valence-corrected chi connectivity index (χ4v) is 1.39. The van der Waals surface area contributed by atoms with Crippen LogP contribution in [0.15, 0.2) is 28.9 Å². The lowest BCUT2D eigenvalue weighted by Crippen LogP contribution is -2.24. The van der Waals surface area contributed by atoms with Crippen LogP contribution in [0.3, 0.4) is 0 Å². The first-order valence-electron chi connectivity index (χ1n) is 5.79. The summed E-state index contributed by atoms with van der Waals surface area (Å²) in [5.41, 5.74) is 0.786. The molecule has 6 heteroatoms. The molecule has 0 aliphatic heterocycles. The number of aromatic nitrogens is 3. The molecular weight excluding hydrogens is 232 g/mol. The number of hydrogen-bond donors (Lipinski definition) is 1. The first-order chi connectivity index (χ1) is 8.79. The summed E-state index contributed by atoms with van der Waals surface area (Å²) in [6, 6.07) is 3.66. The summed E-state index contributed by atoms with van der Waals surface area (Å²) in [5.74, 6) is 0.965. The summed E-state index contributed by atoms with van der Waals surface area (Å²) < 4.78 is 5.47. The molecule has 18 heavy (non-hydrogen) atoms. The van der Waals surface area contributed by atoms with E-state index in [0.29, 0.717) is 31.2 Å². The lowest BCUT2D eigenvalue weighted by molar-refractivity contribution is -0.120.